The van der Waals surface area contributed by atoms with E-state index in [-0.39, 0.29) is 11.5 Å². The Hall–Kier alpha value is -3.00. The molecule has 0 radical (unpaired) electrons. The van der Waals surface area contributed by atoms with Gasteiger partial charge < -0.3 is 0 Å². The van der Waals surface area contributed by atoms with Crippen molar-refractivity contribution in [3.05, 3.63) is 108 Å². The second kappa shape index (κ2) is 6.96. The molecule has 3 aromatic rings. The molecule has 0 amide bonds. The van der Waals surface area contributed by atoms with Gasteiger partial charge in [-0.15, -0.1) is 0 Å². The Morgan fingerprint density at radius 1 is 0.778 bits per heavy atom. The van der Waals surface area contributed by atoms with Crippen molar-refractivity contribution >= 4 is 11.4 Å². The van der Waals surface area contributed by atoms with Crippen LogP contribution in [-0.4, -0.2) is 0 Å². The maximum absolute atomic E-state index is 3.62. The van der Waals surface area contributed by atoms with Gasteiger partial charge in [0.2, 0.25) is 0 Å². The molecule has 0 fully saturated rings. The summed E-state index contributed by atoms with van der Waals surface area (Å²) in [5, 5.41) is 2.25. The number of benzene rings is 3. The Balaban J connectivity index is 1.77. The zero-order valence-electron chi connectivity index (χ0n) is 16.2. The predicted molar refractivity (Wildman–Crippen MR) is 114 cm³/mol. The minimum absolute atomic E-state index is 0.131. The molecule has 1 N–H and O–H groups in total. The van der Waals surface area contributed by atoms with E-state index >= 15 is 0 Å². The largest absolute Gasteiger partial charge is 0.297 e. The molecule has 1 unspecified atom stereocenters. The SMILES string of the molecule is CC(C)(C)c1cccc(C2C=C(c3ccccc3)NN2c2ccccc2)c1. The molecule has 1 heterocycles. The second-order valence-electron chi connectivity index (χ2n) is 8.08. The summed E-state index contributed by atoms with van der Waals surface area (Å²) in [5.41, 5.74) is 9.91. The predicted octanol–water partition coefficient (Wildman–Crippen LogP) is 6.09. The first-order chi connectivity index (χ1) is 13.0. The Bertz CT molecular complexity index is 937. The van der Waals surface area contributed by atoms with Crippen molar-refractivity contribution in [3.8, 4) is 0 Å². The summed E-state index contributed by atoms with van der Waals surface area (Å²) >= 11 is 0. The highest BCUT2D eigenvalue weighted by Gasteiger charge is 2.28. The summed E-state index contributed by atoms with van der Waals surface area (Å²) in [6, 6.07) is 30.1. The van der Waals surface area contributed by atoms with Crippen molar-refractivity contribution in [1.29, 1.82) is 0 Å². The molecule has 2 nitrogen and oxygen atoms in total. The molecule has 0 aliphatic carbocycles. The molecule has 0 bridgehead atoms. The van der Waals surface area contributed by atoms with Crippen LogP contribution in [0.1, 0.15) is 43.5 Å². The maximum Gasteiger partial charge on any atom is 0.0958 e. The van der Waals surface area contributed by atoms with E-state index in [0.717, 1.165) is 11.4 Å². The third-order valence-corrected chi connectivity index (χ3v) is 5.06. The van der Waals surface area contributed by atoms with Crippen molar-refractivity contribution in [2.24, 2.45) is 0 Å². The first-order valence-corrected chi connectivity index (χ1v) is 9.51. The van der Waals surface area contributed by atoms with Gasteiger partial charge in [0, 0.05) is 0 Å². The Labute approximate surface area is 162 Å². The first-order valence-electron chi connectivity index (χ1n) is 9.51. The van der Waals surface area contributed by atoms with E-state index in [1.165, 1.54) is 16.7 Å². The highest BCUT2D eigenvalue weighted by atomic mass is 15.5. The Morgan fingerprint density at radius 3 is 2.11 bits per heavy atom. The molecule has 0 spiro atoms. The second-order valence-corrected chi connectivity index (χ2v) is 8.08. The molecule has 4 rings (SSSR count). The van der Waals surface area contributed by atoms with Gasteiger partial charge in [-0.2, -0.15) is 0 Å². The lowest BCUT2D eigenvalue weighted by Crippen LogP contribution is -2.34. The van der Waals surface area contributed by atoms with Gasteiger partial charge in [0.05, 0.1) is 17.4 Å². The molecule has 1 aliphatic rings. The van der Waals surface area contributed by atoms with E-state index < -0.39 is 0 Å². The average Bonchev–Trinajstić information content (AvgIpc) is 3.14. The fourth-order valence-electron chi connectivity index (χ4n) is 3.50. The lowest BCUT2D eigenvalue weighted by Gasteiger charge is -2.29. The summed E-state index contributed by atoms with van der Waals surface area (Å²) in [4.78, 5) is 0. The molecule has 0 aromatic heterocycles. The summed E-state index contributed by atoms with van der Waals surface area (Å²) in [5.74, 6) is 0. The number of nitrogens with one attached hydrogen (secondary N) is 1. The molecule has 136 valence electrons. The number of nitrogens with zero attached hydrogens (tertiary/aromatic N) is 1. The zero-order chi connectivity index (χ0) is 18.9. The van der Waals surface area contributed by atoms with Gasteiger partial charge in [-0.05, 0) is 40.3 Å². The lowest BCUT2D eigenvalue weighted by molar-refractivity contribution is 0.588. The number of hydrogen-bond donors (Lipinski definition) is 1. The highest BCUT2D eigenvalue weighted by Crippen LogP contribution is 2.36. The van der Waals surface area contributed by atoms with Crippen LogP contribution in [0.3, 0.4) is 0 Å². The zero-order valence-corrected chi connectivity index (χ0v) is 16.2. The summed E-state index contributed by atoms with van der Waals surface area (Å²) in [7, 11) is 0. The van der Waals surface area contributed by atoms with Crippen molar-refractivity contribution in [2.75, 3.05) is 5.01 Å². The third kappa shape index (κ3) is 3.61. The van der Waals surface area contributed by atoms with Crippen LogP contribution in [0.2, 0.25) is 0 Å². The summed E-state index contributed by atoms with van der Waals surface area (Å²) in [6.07, 6.45) is 2.32. The molecular weight excluding hydrogens is 328 g/mol. The fourth-order valence-corrected chi connectivity index (χ4v) is 3.50. The van der Waals surface area contributed by atoms with Crippen LogP contribution >= 0.6 is 0 Å². The van der Waals surface area contributed by atoms with Gasteiger partial charge in [-0.3, -0.25) is 10.4 Å². The van der Waals surface area contributed by atoms with Crippen LogP contribution in [0.15, 0.2) is 91.0 Å². The summed E-state index contributed by atoms with van der Waals surface area (Å²) < 4.78 is 0. The molecule has 3 aromatic carbocycles. The Kier molecular flexibility index (Phi) is 4.49. The van der Waals surface area contributed by atoms with E-state index in [4.69, 9.17) is 0 Å². The molecule has 1 aliphatic heterocycles. The van der Waals surface area contributed by atoms with Crippen molar-refractivity contribution in [3.63, 3.8) is 0 Å². The molecule has 0 saturated carbocycles. The van der Waals surface area contributed by atoms with Crippen LogP contribution in [0.5, 0.6) is 0 Å². The molecule has 0 saturated heterocycles. The number of anilines is 1. The smallest absolute Gasteiger partial charge is 0.0958 e. The van der Waals surface area contributed by atoms with Gasteiger partial charge in [0.15, 0.2) is 0 Å². The van der Waals surface area contributed by atoms with Crippen LogP contribution in [0, 0.1) is 0 Å². The van der Waals surface area contributed by atoms with Gasteiger partial charge in [0.1, 0.15) is 0 Å². The van der Waals surface area contributed by atoms with Gasteiger partial charge in [0.25, 0.3) is 0 Å². The van der Waals surface area contributed by atoms with Crippen molar-refractivity contribution < 1.29 is 0 Å². The van der Waals surface area contributed by atoms with Gasteiger partial charge in [-0.25, -0.2) is 0 Å². The number of hydrogen-bond acceptors (Lipinski definition) is 2. The van der Waals surface area contributed by atoms with E-state index in [0.29, 0.717) is 0 Å². The van der Waals surface area contributed by atoms with Crippen molar-refractivity contribution in [2.45, 2.75) is 32.2 Å². The first kappa shape index (κ1) is 17.4. The minimum atomic E-state index is 0.131. The van der Waals surface area contributed by atoms with Gasteiger partial charge >= 0.3 is 0 Å². The van der Waals surface area contributed by atoms with E-state index in [1.807, 2.05) is 0 Å². The number of para-hydroxylation sites is 1. The topological polar surface area (TPSA) is 15.3 Å². The van der Waals surface area contributed by atoms with Crippen LogP contribution in [0.4, 0.5) is 5.69 Å². The van der Waals surface area contributed by atoms with Gasteiger partial charge in [-0.1, -0.05) is 93.6 Å². The normalized spacial score (nSPS) is 16.8. The molecular formula is C25H26N2. The fraction of sp³-hybridized carbons (Fsp3) is 0.200. The van der Waals surface area contributed by atoms with E-state index in [9.17, 15) is 0 Å². The van der Waals surface area contributed by atoms with Crippen molar-refractivity contribution in [1.82, 2.24) is 5.43 Å². The Morgan fingerprint density at radius 2 is 1.44 bits per heavy atom. The molecule has 27 heavy (non-hydrogen) atoms. The third-order valence-electron chi connectivity index (χ3n) is 5.06. The van der Waals surface area contributed by atoms with Crippen LogP contribution in [-0.2, 0) is 5.41 Å². The monoisotopic (exact) mass is 354 g/mol. The maximum atomic E-state index is 3.62. The van der Waals surface area contributed by atoms with Crippen LogP contribution < -0.4 is 10.4 Å². The summed E-state index contributed by atoms with van der Waals surface area (Å²) in [6.45, 7) is 6.79. The quantitative estimate of drug-likeness (QED) is 0.612. The molecule has 1 atom stereocenters. The average molecular weight is 354 g/mol. The highest BCUT2D eigenvalue weighted by molar-refractivity contribution is 5.72. The lowest BCUT2D eigenvalue weighted by atomic mass is 9.85. The number of rotatable bonds is 3. The van der Waals surface area contributed by atoms with Crippen LogP contribution in [0.25, 0.3) is 5.70 Å². The number of hydrazine groups is 1. The van der Waals surface area contributed by atoms with E-state index in [1.54, 1.807) is 0 Å². The minimum Gasteiger partial charge on any atom is -0.297 e. The molecule has 2 heteroatoms. The van der Waals surface area contributed by atoms with E-state index in [2.05, 4.69) is 122 Å². The standard InChI is InChI=1S/C25H26N2/c1-25(2,3)21-14-10-13-20(17-21)24-18-23(19-11-6-4-7-12-19)26-27(24)22-15-8-5-9-16-22/h4-18,24,26H,1-3H3.